The van der Waals surface area contributed by atoms with Crippen molar-refractivity contribution < 1.29 is 0 Å². The zero-order chi connectivity index (χ0) is 12.4. The Bertz CT molecular complexity index is 491. The van der Waals surface area contributed by atoms with Gasteiger partial charge in [0.05, 0.1) is 0 Å². The van der Waals surface area contributed by atoms with Crippen LogP contribution in [0.4, 0.5) is 0 Å². The van der Waals surface area contributed by atoms with Gasteiger partial charge in [0.2, 0.25) is 0 Å². The second-order valence-electron chi connectivity index (χ2n) is 5.89. The van der Waals surface area contributed by atoms with Gasteiger partial charge < -0.3 is 4.98 Å². The van der Waals surface area contributed by atoms with Gasteiger partial charge in [0.1, 0.15) is 0 Å². The Morgan fingerprint density at radius 1 is 1.00 bits per heavy atom. The average molecular weight is 229 g/mol. The fourth-order valence-corrected chi connectivity index (χ4v) is 2.44. The Balaban J connectivity index is 2.31. The molecule has 0 amide bonds. The van der Waals surface area contributed by atoms with E-state index in [4.69, 9.17) is 0 Å². The third kappa shape index (κ3) is 2.91. The lowest BCUT2D eigenvalue weighted by Gasteiger charge is -2.06. The molecule has 0 fully saturated rings. The second kappa shape index (κ2) is 4.95. The molecular formula is C16H23N. The summed E-state index contributed by atoms with van der Waals surface area (Å²) in [7, 11) is 0. The molecule has 0 spiro atoms. The molecule has 1 aromatic heterocycles. The molecule has 2 aromatic rings. The predicted molar refractivity (Wildman–Crippen MR) is 75.4 cm³/mol. The van der Waals surface area contributed by atoms with Crippen molar-refractivity contribution in [1.29, 1.82) is 0 Å². The molecule has 0 unspecified atom stereocenters. The maximum atomic E-state index is 3.41. The fraction of sp³-hybridized carbons (Fsp3) is 0.500. The van der Waals surface area contributed by atoms with Crippen molar-refractivity contribution in [2.75, 3.05) is 0 Å². The van der Waals surface area contributed by atoms with Crippen molar-refractivity contribution >= 4 is 10.9 Å². The van der Waals surface area contributed by atoms with E-state index in [0.717, 1.165) is 18.8 Å². The third-order valence-electron chi connectivity index (χ3n) is 3.10. The number of nitrogens with one attached hydrogen (secondary N) is 1. The van der Waals surface area contributed by atoms with Gasteiger partial charge in [0, 0.05) is 17.1 Å². The van der Waals surface area contributed by atoms with E-state index in [1.165, 1.54) is 22.0 Å². The van der Waals surface area contributed by atoms with Crippen LogP contribution in [0.1, 0.15) is 38.8 Å². The fourth-order valence-electron chi connectivity index (χ4n) is 2.44. The van der Waals surface area contributed by atoms with Crippen molar-refractivity contribution in [3.05, 3.63) is 35.5 Å². The highest BCUT2D eigenvalue weighted by Crippen LogP contribution is 2.23. The van der Waals surface area contributed by atoms with E-state index in [1.807, 2.05) is 0 Å². The van der Waals surface area contributed by atoms with Gasteiger partial charge in [-0.25, -0.2) is 0 Å². The molecule has 1 nitrogen and oxygen atoms in total. The molecule has 17 heavy (non-hydrogen) atoms. The number of benzene rings is 1. The first-order chi connectivity index (χ1) is 8.06. The molecule has 0 aliphatic heterocycles. The summed E-state index contributed by atoms with van der Waals surface area (Å²) < 4.78 is 0. The molecule has 2 rings (SSSR count). The quantitative estimate of drug-likeness (QED) is 0.790. The van der Waals surface area contributed by atoms with Crippen molar-refractivity contribution in [1.82, 2.24) is 4.98 Å². The van der Waals surface area contributed by atoms with Gasteiger partial charge in [-0.3, -0.25) is 0 Å². The molecule has 0 aliphatic carbocycles. The summed E-state index contributed by atoms with van der Waals surface area (Å²) in [5, 5.41) is 1.39. The summed E-state index contributed by atoms with van der Waals surface area (Å²) >= 11 is 0. The Hall–Kier alpha value is -1.24. The molecule has 0 saturated heterocycles. The maximum absolute atomic E-state index is 3.41. The Kier molecular flexibility index (Phi) is 3.56. The molecule has 0 bridgehead atoms. The highest BCUT2D eigenvalue weighted by Gasteiger charge is 2.06. The van der Waals surface area contributed by atoms with Crippen molar-refractivity contribution in [2.24, 2.45) is 11.8 Å². The van der Waals surface area contributed by atoms with Crippen LogP contribution < -0.4 is 0 Å². The minimum absolute atomic E-state index is 0.712. The van der Waals surface area contributed by atoms with E-state index in [0.29, 0.717) is 5.92 Å². The molecular weight excluding hydrogens is 206 g/mol. The first-order valence-corrected chi connectivity index (χ1v) is 6.65. The lowest BCUT2D eigenvalue weighted by atomic mass is 9.99. The van der Waals surface area contributed by atoms with Gasteiger partial charge in [-0.2, -0.15) is 0 Å². The van der Waals surface area contributed by atoms with Crippen LogP contribution in [-0.4, -0.2) is 4.98 Å². The first-order valence-electron chi connectivity index (χ1n) is 6.65. The second-order valence-corrected chi connectivity index (χ2v) is 5.89. The standard InChI is InChI=1S/C16H23N/c1-11(2)7-13-5-6-15-14(8-12(3)4)10-17-16(15)9-13/h5-6,9-12,17H,7-8H2,1-4H3. The van der Waals surface area contributed by atoms with Crippen LogP contribution in [0.25, 0.3) is 10.9 Å². The lowest BCUT2D eigenvalue weighted by molar-refractivity contribution is 0.647. The molecule has 92 valence electrons. The SMILES string of the molecule is CC(C)Cc1ccc2c(CC(C)C)c[nH]c2c1. The summed E-state index contributed by atoms with van der Waals surface area (Å²) in [6, 6.07) is 6.86. The van der Waals surface area contributed by atoms with E-state index in [9.17, 15) is 0 Å². The van der Waals surface area contributed by atoms with Crippen LogP contribution in [0.3, 0.4) is 0 Å². The van der Waals surface area contributed by atoms with Gasteiger partial charge in [0.25, 0.3) is 0 Å². The predicted octanol–water partition coefficient (Wildman–Crippen LogP) is 4.56. The summed E-state index contributed by atoms with van der Waals surface area (Å²) in [5.41, 5.74) is 4.18. The van der Waals surface area contributed by atoms with Gasteiger partial charge in [0.15, 0.2) is 0 Å². The van der Waals surface area contributed by atoms with Crippen molar-refractivity contribution in [3.63, 3.8) is 0 Å². The number of H-pyrrole nitrogens is 1. The zero-order valence-electron chi connectivity index (χ0n) is 11.4. The number of hydrogen-bond donors (Lipinski definition) is 1. The first kappa shape index (κ1) is 12.2. The maximum Gasteiger partial charge on any atom is 0.0459 e. The van der Waals surface area contributed by atoms with Crippen LogP contribution in [0.5, 0.6) is 0 Å². The number of rotatable bonds is 4. The van der Waals surface area contributed by atoms with Crippen LogP contribution in [0, 0.1) is 11.8 Å². The number of aromatic amines is 1. The van der Waals surface area contributed by atoms with Gasteiger partial charge in [-0.1, -0.05) is 39.8 Å². The average Bonchev–Trinajstić information content (AvgIpc) is 2.59. The van der Waals surface area contributed by atoms with Gasteiger partial charge in [-0.15, -0.1) is 0 Å². The molecule has 0 atom stereocenters. The minimum Gasteiger partial charge on any atom is -0.361 e. The largest absolute Gasteiger partial charge is 0.361 e. The Labute approximate surface area is 104 Å². The molecule has 1 heteroatoms. The number of aromatic nitrogens is 1. The molecule has 0 radical (unpaired) electrons. The molecule has 1 heterocycles. The zero-order valence-corrected chi connectivity index (χ0v) is 11.4. The highest BCUT2D eigenvalue weighted by atomic mass is 14.7. The third-order valence-corrected chi connectivity index (χ3v) is 3.10. The van der Waals surface area contributed by atoms with E-state index in [-0.39, 0.29) is 0 Å². The minimum atomic E-state index is 0.712. The molecule has 0 aliphatic rings. The Morgan fingerprint density at radius 2 is 1.71 bits per heavy atom. The molecule has 1 aromatic carbocycles. The number of fused-ring (bicyclic) bond motifs is 1. The van der Waals surface area contributed by atoms with Crippen LogP contribution in [0.15, 0.2) is 24.4 Å². The van der Waals surface area contributed by atoms with Crippen molar-refractivity contribution in [2.45, 2.75) is 40.5 Å². The summed E-state index contributed by atoms with van der Waals surface area (Å²) in [6.45, 7) is 9.07. The van der Waals surface area contributed by atoms with Crippen molar-refractivity contribution in [3.8, 4) is 0 Å². The Morgan fingerprint density at radius 3 is 2.35 bits per heavy atom. The summed E-state index contributed by atoms with van der Waals surface area (Å²) in [6.07, 6.45) is 4.49. The van der Waals surface area contributed by atoms with Crippen LogP contribution in [-0.2, 0) is 12.8 Å². The van der Waals surface area contributed by atoms with E-state index in [2.05, 4.69) is 57.1 Å². The van der Waals surface area contributed by atoms with Gasteiger partial charge in [-0.05, 0) is 41.9 Å². The lowest BCUT2D eigenvalue weighted by Crippen LogP contribution is -1.94. The van der Waals surface area contributed by atoms with Crippen LogP contribution in [0.2, 0.25) is 0 Å². The van der Waals surface area contributed by atoms with E-state index < -0.39 is 0 Å². The molecule has 0 saturated carbocycles. The van der Waals surface area contributed by atoms with Crippen LogP contribution >= 0.6 is 0 Å². The smallest absolute Gasteiger partial charge is 0.0459 e. The topological polar surface area (TPSA) is 15.8 Å². The van der Waals surface area contributed by atoms with Gasteiger partial charge >= 0.3 is 0 Å². The normalized spacial score (nSPS) is 11.9. The van der Waals surface area contributed by atoms with E-state index >= 15 is 0 Å². The van der Waals surface area contributed by atoms with E-state index in [1.54, 1.807) is 0 Å². The summed E-state index contributed by atoms with van der Waals surface area (Å²) in [5.74, 6) is 1.43. The number of hydrogen-bond acceptors (Lipinski definition) is 0. The summed E-state index contributed by atoms with van der Waals surface area (Å²) in [4.78, 5) is 3.41. The monoisotopic (exact) mass is 229 g/mol. The highest BCUT2D eigenvalue weighted by molar-refractivity contribution is 5.83. The molecule has 1 N–H and O–H groups in total.